The molecule has 3 rings (SSSR count). The molecular weight excluding hydrogens is 330 g/mol. The molecule has 0 aliphatic rings. The lowest BCUT2D eigenvalue weighted by Crippen LogP contribution is -2.17. The number of nitrogens with one attached hydrogen (secondary N) is 1. The van der Waals surface area contributed by atoms with E-state index in [0.717, 1.165) is 41.4 Å². The molecule has 2 nitrogen and oxygen atoms in total. The summed E-state index contributed by atoms with van der Waals surface area (Å²) < 4.78 is 5.99. The number of ether oxygens (including phenoxy) is 1. The van der Waals surface area contributed by atoms with E-state index in [1.807, 2.05) is 48.5 Å². The summed E-state index contributed by atoms with van der Waals surface area (Å²) in [5.41, 5.74) is 3.58. The summed E-state index contributed by atoms with van der Waals surface area (Å²) in [5, 5.41) is 4.23. The van der Waals surface area contributed by atoms with E-state index in [2.05, 4.69) is 35.6 Å². The Morgan fingerprint density at radius 3 is 2.40 bits per heavy atom. The van der Waals surface area contributed by atoms with Gasteiger partial charge in [-0.25, -0.2) is 0 Å². The Hall–Kier alpha value is -2.29. The van der Waals surface area contributed by atoms with E-state index in [9.17, 15) is 0 Å². The van der Waals surface area contributed by atoms with Gasteiger partial charge < -0.3 is 10.1 Å². The summed E-state index contributed by atoms with van der Waals surface area (Å²) in [6.07, 6.45) is 1.02. The maximum Gasteiger partial charge on any atom is 0.124 e. The van der Waals surface area contributed by atoms with Gasteiger partial charge in [0.15, 0.2) is 0 Å². The van der Waals surface area contributed by atoms with Crippen LogP contribution in [-0.4, -0.2) is 6.54 Å². The predicted octanol–water partition coefficient (Wildman–Crippen LogP) is 5.25. The molecule has 0 aromatic heterocycles. The number of rotatable bonds is 8. The smallest absolute Gasteiger partial charge is 0.124 e. The van der Waals surface area contributed by atoms with Crippen LogP contribution >= 0.6 is 11.6 Å². The van der Waals surface area contributed by atoms with Crippen LogP contribution in [0.5, 0.6) is 5.75 Å². The number of para-hydroxylation sites is 1. The van der Waals surface area contributed by atoms with Crippen molar-refractivity contribution < 1.29 is 4.74 Å². The second-order valence-corrected chi connectivity index (χ2v) is 6.38. The Kier molecular flexibility index (Phi) is 6.49. The minimum absolute atomic E-state index is 0.515. The monoisotopic (exact) mass is 351 g/mol. The Labute approximate surface area is 154 Å². The summed E-state index contributed by atoms with van der Waals surface area (Å²) in [5.74, 6) is 0.912. The van der Waals surface area contributed by atoms with E-state index in [0.29, 0.717) is 6.61 Å². The van der Waals surface area contributed by atoms with Crippen molar-refractivity contribution in [2.75, 3.05) is 6.54 Å². The summed E-state index contributed by atoms with van der Waals surface area (Å²) >= 11 is 6.03. The Bertz CT molecular complexity index is 789. The highest BCUT2D eigenvalue weighted by molar-refractivity contribution is 6.30. The maximum absolute atomic E-state index is 6.03. The summed E-state index contributed by atoms with van der Waals surface area (Å²) in [6.45, 7) is 2.24. The minimum Gasteiger partial charge on any atom is -0.489 e. The van der Waals surface area contributed by atoms with Crippen molar-refractivity contribution in [3.63, 3.8) is 0 Å². The Morgan fingerprint density at radius 2 is 1.56 bits per heavy atom. The topological polar surface area (TPSA) is 21.3 Å². The third-order valence-corrected chi connectivity index (χ3v) is 4.24. The number of hydrogen-bond acceptors (Lipinski definition) is 2. The van der Waals surface area contributed by atoms with Crippen molar-refractivity contribution in [2.24, 2.45) is 0 Å². The van der Waals surface area contributed by atoms with E-state index >= 15 is 0 Å². The molecule has 0 radical (unpaired) electrons. The minimum atomic E-state index is 0.515. The van der Waals surface area contributed by atoms with Gasteiger partial charge in [0, 0.05) is 17.1 Å². The zero-order valence-electron chi connectivity index (χ0n) is 14.1. The van der Waals surface area contributed by atoms with Crippen LogP contribution in [-0.2, 0) is 19.6 Å². The van der Waals surface area contributed by atoms with Gasteiger partial charge in [0.1, 0.15) is 12.4 Å². The molecule has 0 spiro atoms. The van der Waals surface area contributed by atoms with Crippen LogP contribution < -0.4 is 10.1 Å². The highest BCUT2D eigenvalue weighted by Gasteiger charge is 2.04. The van der Waals surface area contributed by atoms with Crippen LogP contribution in [0.2, 0.25) is 5.02 Å². The number of benzene rings is 3. The fourth-order valence-electron chi connectivity index (χ4n) is 2.68. The van der Waals surface area contributed by atoms with Gasteiger partial charge in [-0.05, 0) is 42.3 Å². The molecule has 0 amide bonds. The maximum atomic E-state index is 6.03. The van der Waals surface area contributed by atoms with Crippen molar-refractivity contribution in [2.45, 2.75) is 19.6 Å². The van der Waals surface area contributed by atoms with E-state index in [-0.39, 0.29) is 0 Å². The molecule has 0 saturated heterocycles. The molecule has 0 fully saturated rings. The predicted molar refractivity (Wildman–Crippen MR) is 104 cm³/mol. The highest BCUT2D eigenvalue weighted by Crippen LogP contribution is 2.20. The van der Waals surface area contributed by atoms with E-state index in [1.165, 1.54) is 5.56 Å². The summed E-state index contributed by atoms with van der Waals surface area (Å²) in [4.78, 5) is 0. The van der Waals surface area contributed by atoms with Crippen LogP contribution in [0.3, 0.4) is 0 Å². The van der Waals surface area contributed by atoms with Crippen LogP contribution in [0, 0.1) is 0 Å². The van der Waals surface area contributed by atoms with Gasteiger partial charge in [-0.1, -0.05) is 72.3 Å². The van der Waals surface area contributed by atoms with Crippen molar-refractivity contribution in [3.05, 3.63) is 101 Å². The molecular formula is C22H22ClNO. The largest absolute Gasteiger partial charge is 0.489 e. The molecule has 3 aromatic rings. The van der Waals surface area contributed by atoms with E-state index < -0.39 is 0 Å². The van der Waals surface area contributed by atoms with E-state index in [4.69, 9.17) is 16.3 Å². The van der Waals surface area contributed by atoms with Crippen LogP contribution in [0.1, 0.15) is 16.7 Å². The third-order valence-electron chi connectivity index (χ3n) is 4.00. The number of hydrogen-bond donors (Lipinski definition) is 1. The molecule has 25 heavy (non-hydrogen) atoms. The summed E-state index contributed by atoms with van der Waals surface area (Å²) in [6, 6.07) is 26.4. The standard InChI is InChI=1S/C22H22ClNO/c23-21-11-6-9-19(15-21)17-25-22-12-5-4-10-20(22)16-24-14-13-18-7-2-1-3-8-18/h1-12,15,24H,13-14,16-17H2. The lowest BCUT2D eigenvalue weighted by molar-refractivity contribution is 0.302. The first-order chi connectivity index (χ1) is 12.3. The van der Waals surface area contributed by atoms with Crippen molar-refractivity contribution >= 4 is 11.6 Å². The molecule has 0 heterocycles. The zero-order chi connectivity index (χ0) is 17.3. The normalized spacial score (nSPS) is 10.6. The fourth-order valence-corrected chi connectivity index (χ4v) is 2.89. The molecule has 128 valence electrons. The molecule has 0 bridgehead atoms. The molecule has 0 saturated carbocycles. The van der Waals surface area contributed by atoms with Gasteiger partial charge in [0.25, 0.3) is 0 Å². The lowest BCUT2D eigenvalue weighted by atomic mass is 10.1. The van der Waals surface area contributed by atoms with Gasteiger partial charge in [0.05, 0.1) is 0 Å². The average molecular weight is 352 g/mol. The second-order valence-electron chi connectivity index (χ2n) is 5.94. The Balaban J connectivity index is 1.52. The summed E-state index contributed by atoms with van der Waals surface area (Å²) in [7, 11) is 0. The first-order valence-electron chi connectivity index (χ1n) is 8.51. The first kappa shape index (κ1) is 17.5. The molecule has 3 heteroatoms. The highest BCUT2D eigenvalue weighted by atomic mass is 35.5. The molecule has 0 atom stereocenters. The molecule has 0 aliphatic carbocycles. The average Bonchev–Trinajstić information content (AvgIpc) is 2.65. The zero-order valence-corrected chi connectivity index (χ0v) is 14.9. The second kappa shape index (κ2) is 9.26. The van der Waals surface area contributed by atoms with Gasteiger partial charge in [-0.3, -0.25) is 0 Å². The molecule has 0 aliphatic heterocycles. The van der Waals surface area contributed by atoms with Gasteiger partial charge in [-0.15, -0.1) is 0 Å². The van der Waals surface area contributed by atoms with Gasteiger partial charge >= 0.3 is 0 Å². The quantitative estimate of drug-likeness (QED) is 0.559. The molecule has 0 unspecified atom stereocenters. The fraction of sp³-hybridized carbons (Fsp3) is 0.182. The lowest BCUT2D eigenvalue weighted by Gasteiger charge is -2.12. The van der Waals surface area contributed by atoms with Crippen LogP contribution in [0.15, 0.2) is 78.9 Å². The van der Waals surface area contributed by atoms with Crippen molar-refractivity contribution in [1.82, 2.24) is 5.32 Å². The number of halogens is 1. The third kappa shape index (κ3) is 5.63. The van der Waals surface area contributed by atoms with Crippen LogP contribution in [0.4, 0.5) is 0 Å². The van der Waals surface area contributed by atoms with Crippen molar-refractivity contribution in [3.8, 4) is 5.75 Å². The SMILES string of the molecule is Clc1cccc(COc2ccccc2CNCCc2ccccc2)c1. The molecule has 1 N–H and O–H groups in total. The Morgan fingerprint density at radius 1 is 0.800 bits per heavy atom. The van der Waals surface area contributed by atoms with Crippen LogP contribution in [0.25, 0.3) is 0 Å². The van der Waals surface area contributed by atoms with Gasteiger partial charge in [0.2, 0.25) is 0 Å². The first-order valence-corrected chi connectivity index (χ1v) is 8.89. The van der Waals surface area contributed by atoms with Crippen molar-refractivity contribution in [1.29, 1.82) is 0 Å². The molecule has 3 aromatic carbocycles. The van der Waals surface area contributed by atoms with Gasteiger partial charge in [-0.2, -0.15) is 0 Å². The van der Waals surface area contributed by atoms with E-state index in [1.54, 1.807) is 0 Å².